The molecule has 3 rings (SSSR count). The third-order valence-corrected chi connectivity index (χ3v) is 5.77. The van der Waals surface area contributed by atoms with E-state index in [9.17, 15) is 18.1 Å². The first-order valence-electron chi connectivity index (χ1n) is 7.39. The maximum Gasteiger partial charge on any atom is 0.216 e. The van der Waals surface area contributed by atoms with E-state index in [1.807, 2.05) is 0 Å². The Morgan fingerprint density at radius 2 is 1.77 bits per heavy atom. The van der Waals surface area contributed by atoms with Gasteiger partial charge < -0.3 is 4.42 Å². The van der Waals surface area contributed by atoms with Gasteiger partial charge in [-0.15, -0.1) is 0 Å². The van der Waals surface area contributed by atoms with Crippen LogP contribution in [0.2, 0.25) is 0 Å². The SMILES string of the molecule is N#C/C(=C/c1ccc(-c2ccccc2F)o1)S(=O)(=O)c1ccc(Br)cc1. The number of nitrogens with zero attached hydrogens (tertiary/aromatic N) is 1. The lowest BCUT2D eigenvalue weighted by Gasteiger charge is -2.02. The molecule has 0 aliphatic carbocycles. The van der Waals surface area contributed by atoms with E-state index in [4.69, 9.17) is 4.42 Å². The third-order valence-electron chi connectivity index (χ3n) is 3.56. The Balaban J connectivity index is 1.99. The first-order chi connectivity index (χ1) is 12.4. The van der Waals surface area contributed by atoms with Gasteiger partial charge in [0.15, 0.2) is 4.91 Å². The molecule has 0 fully saturated rings. The van der Waals surface area contributed by atoms with E-state index >= 15 is 0 Å². The van der Waals surface area contributed by atoms with E-state index in [-0.39, 0.29) is 22.0 Å². The molecule has 26 heavy (non-hydrogen) atoms. The molecule has 0 saturated carbocycles. The first kappa shape index (κ1) is 18.1. The van der Waals surface area contributed by atoms with Gasteiger partial charge in [-0.1, -0.05) is 28.1 Å². The number of hydrogen-bond donors (Lipinski definition) is 0. The van der Waals surface area contributed by atoms with E-state index < -0.39 is 20.6 Å². The lowest BCUT2D eigenvalue weighted by atomic mass is 10.1. The number of benzene rings is 2. The molecule has 2 aromatic carbocycles. The molecule has 0 unspecified atom stereocenters. The Labute approximate surface area is 158 Å². The Morgan fingerprint density at radius 3 is 2.42 bits per heavy atom. The quantitative estimate of drug-likeness (QED) is 0.533. The second kappa shape index (κ2) is 7.28. The Morgan fingerprint density at radius 1 is 1.08 bits per heavy atom. The molecular formula is C19H11BrFNO3S. The van der Waals surface area contributed by atoms with Crippen LogP contribution in [0, 0.1) is 17.1 Å². The van der Waals surface area contributed by atoms with Crippen LogP contribution in [-0.4, -0.2) is 8.42 Å². The van der Waals surface area contributed by atoms with Crippen molar-refractivity contribution >= 4 is 31.8 Å². The number of furan rings is 1. The number of nitriles is 1. The molecule has 0 saturated heterocycles. The zero-order valence-electron chi connectivity index (χ0n) is 13.2. The van der Waals surface area contributed by atoms with Gasteiger partial charge in [0.2, 0.25) is 9.84 Å². The van der Waals surface area contributed by atoms with Crippen molar-refractivity contribution in [2.45, 2.75) is 4.90 Å². The average Bonchev–Trinajstić information content (AvgIpc) is 3.08. The summed E-state index contributed by atoms with van der Waals surface area (Å²) in [6, 6.07) is 16.7. The Bertz CT molecular complexity index is 1130. The highest BCUT2D eigenvalue weighted by molar-refractivity contribution is 9.10. The van der Waals surface area contributed by atoms with E-state index in [0.29, 0.717) is 0 Å². The van der Waals surface area contributed by atoms with Gasteiger partial charge in [0.05, 0.1) is 10.5 Å². The summed E-state index contributed by atoms with van der Waals surface area (Å²) in [6.45, 7) is 0. The zero-order valence-corrected chi connectivity index (χ0v) is 15.6. The largest absolute Gasteiger partial charge is 0.457 e. The molecule has 7 heteroatoms. The minimum Gasteiger partial charge on any atom is -0.457 e. The summed E-state index contributed by atoms with van der Waals surface area (Å²) in [5.74, 6) is -0.0754. The predicted octanol–water partition coefficient (Wildman–Crippen LogP) is 5.19. The molecule has 4 nitrogen and oxygen atoms in total. The molecule has 0 aliphatic rings. The predicted molar refractivity (Wildman–Crippen MR) is 99.0 cm³/mol. The van der Waals surface area contributed by atoms with Crippen LogP contribution in [0.15, 0.2) is 79.4 Å². The molecule has 0 radical (unpaired) electrons. The molecule has 0 bridgehead atoms. The number of halogens is 2. The molecule has 0 aliphatic heterocycles. The van der Waals surface area contributed by atoms with Gasteiger partial charge in [0.1, 0.15) is 23.4 Å². The summed E-state index contributed by atoms with van der Waals surface area (Å²) in [6.07, 6.45) is 1.13. The van der Waals surface area contributed by atoms with Crippen LogP contribution >= 0.6 is 15.9 Å². The number of allylic oxidation sites excluding steroid dienone is 1. The monoisotopic (exact) mass is 431 g/mol. The molecular weight excluding hydrogens is 421 g/mol. The van der Waals surface area contributed by atoms with E-state index in [0.717, 1.165) is 10.5 Å². The fourth-order valence-corrected chi connectivity index (χ4v) is 3.68. The van der Waals surface area contributed by atoms with Gasteiger partial charge in [-0.05, 0) is 48.5 Å². The second-order valence-electron chi connectivity index (χ2n) is 5.26. The van der Waals surface area contributed by atoms with Crippen molar-refractivity contribution in [2.24, 2.45) is 0 Å². The summed E-state index contributed by atoms with van der Waals surface area (Å²) in [7, 11) is -3.98. The van der Waals surface area contributed by atoms with Crippen molar-refractivity contribution in [3.8, 4) is 17.4 Å². The van der Waals surface area contributed by atoms with E-state index in [1.165, 1.54) is 30.3 Å². The van der Waals surface area contributed by atoms with Crippen molar-refractivity contribution in [3.05, 3.63) is 81.6 Å². The molecule has 0 spiro atoms. The Kier molecular flexibility index (Phi) is 5.07. The van der Waals surface area contributed by atoms with Crippen molar-refractivity contribution in [2.75, 3.05) is 0 Å². The fourth-order valence-electron chi connectivity index (χ4n) is 2.28. The lowest BCUT2D eigenvalue weighted by molar-refractivity contribution is 0.560. The van der Waals surface area contributed by atoms with Crippen LogP contribution in [0.3, 0.4) is 0 Å². The zero-order chi connectivity index (χ0) is 18.7. The average molecular weight is 432 g/mol. The molecule has 0 atom stereocenters. The molecule has 3 aromatic rings. The fraction of sp³-hybridized carbons (Fsp3) is 0. The minimum atomic E-state index is -3.98. The van der Waals surface area contributed by atoms with Gasteiger partial charge in [-0.2, -0.15) is 5.26 Å². The normalized spacial score (nSPS) is 12.0. The van der Waals surface area contributed by atoms with Crippen molar-refractivity contribution in [1.82, 2.24) is 0 Å². The van der Waals surface area contributed by atoms with Gasteiger partial charge in [-0.3, -0.25) is 0 Å². The number of hydrogen-bond acceptors (Lipinski definition) is 4. The van der Waals surface area contributed by atoms with Crippen LogP contribution in [0.25, 0.3) is 17.4 Å². The second-order valence-corrected chi connectivity index (χ2v) is 8.09. The summed E-state index contributed by atoms with van der Waals surface area (Å²) in [4.78, 5) is -0.469. The molecule has 1 heterocycles. The smallest absolute Gasteiger partial charge is 0.216 e. The summed E-state index contributed by atoms with van der Waals surface area (Å²) in [5.41, 5.74) is 0.251. The molecule has 0 N–H and O–H groups in total. The summed E-state index contributed by atoms with van der Waals surface area (Å²) < 4.78 is 45.2. The Hall–Kier alpha value is -2.69. The highest BCUT2D eigenvalue weighted by atomic mass is 79.9. The van der Waals surface area contributed by atoms with Gasteiger partial charge in [0.25, 0.3) is 0 Å². The maximum absolute atomic E-state index is 13.8. The third kappa shape index (κ3) is 3.62. The number of sulfone groups is 1. The van der Waals surface area contributed by atoms with Gasteiger partial charge >= 0.3 is 0 Å². The molecule has 0 amide bonds. The highest BCUT2D eigenvalue weighted by Gasteiger charge is 2.21. The van der Waals surface area contributed by atoms with Gasteiger partial charge in [-0.25, -0.2) is 12.8 Å². The van der Waals surface area contributed by atoms with Crippen molar-refractivity contribution in [3.63, 3.8) is 0 Å². The first-order valence-corrected chi connectivity index (χ1v) is 9.66. The molecule has 130 valence electrons. The number of rotatable bonds is 4. The van der Waals surface area contributed by atoms with Crippen LogP contribution in [0.1, 0.15) is 5.76 Å². The van der Waals surface area contributed by atoms with Crippen LogP contribution in [-0.2, 0) is 9.84 Å². The van der Waals surface area contributed by atoms with Crippen molar-refractivity contribution in [1.29, 1.82) is 5.26 Å². The van der Waals surface area contributed by atoms with E-state index in [1.54, 1.807) is 36.4 Å². The summed E-state index contributed by atoms with van der Waals surface area (Å²) >= 11 is 3.23. The van der Waals surface area contributed by atoms with Crippen LogP contribution in [0.4, 0.5) is 4.39 Å². The minimum absolute atomic E-state index is 0.00520. The van der Waals surface area contributed by atoms with Gasteiger partial charge in [0, 0.05) is 10.5 Å². The van der Waals surface area contributed by atoms with Crippen LogP contribution < -0.4 is 0 Å². The van der Waals surface area contributed by atoms with E-state index in [2.05, 4.69) is 15.9 Å². The van der Waals surface area contributed by atoms with Crippen molar-refractivity contribution < 1.29 is 17.2 Å². The van der Waals surface area contributed by atoms with Crippen LogP contribution in [0.5, 0.6) is 0 Å². The lowest BCUT2D eigenvalue weighted by Crippen LogP contribution is -2.03. The summed E-state index contributed by atoms with van der Waals surface area (Å²) in [5, 5.41) is 9.30. The molecule has 1 aromatic heterocycles. The standard InChI is InChI=1S/C19H11BrFNO3S/c20-13-5-8-15(9-6-13)26(23,24)16(12-22)11-14-7-10-19(25-14)17-3-1-2-4-18(17)21/h1-11H/b16-11-. The maximum atomic E-state index is 13.8. The highest BCUT2D eigenvalue weighted by Crippen LogP contribution is 2.27. The topological polar surface area (TPSA) is 71.1 Å².